The molecule has 1 aliphatic carbocycles. The van der Waals surface area contributed by atoms with Crippen molar-refractivity contribution >= 4 is 35.6 Å². The number of aromatic nitrogens is 4. The molecule has 16 heteroatoms. The van der Waals surface area contributed by atoms with Crippen LogP contribution >= 0.6 is 0 Å². The first-order valence-corrected chi connectivity index (χ1v) is 18.1. The highest BCUT2D eigenvalue weighted by Crippen LogP contribution is 2.40. The van der Waals surface area contributed by atoms with Crippen molar-refractivity contribution in [2.24, 2.45) is 4.99 Å². The topological polar surface area (TPSA) is 191 Å². The van der Waals surface area contributed by atoms with E-state index in [0.717, 1.165) is 100 Å². The lowest BCUT2D eigenvalue weighted by Crippen LogP contribution is -2.61. The molecule has 2 aromatic carbocycles. The van der Waals surface area contributed by atoms with E-state index in [-0.39, 0.29) is 11.7 Å². The van der Waals surface area contributed by atoms with Crippen molar-refractivity contribution in [3.8, 4) is 22.5 Å². The number of ether oxygens (including phenoxy) is 5. The number of amidine groups is 1. The molecule has 1 spiro atoms. The van der Waals surface area contributed by atoms with Gasteiger partial charge >= 0.3 is 23.9 Å². The van der Waals surface area contributed by atoms with Crippen molar-refractivity contribution < 1.29 is 47.7 Å². The zero-order valence-corrected chi connectivity index (χ0v) is 30.9. The van der Waals surface area contributed by atoms with E-state index in [9.17, 15) is 24.0 Å². The molecule has 2 aliphatic heterocycles. The minimum atomic E-state index is -1.62. The molecule has 6 rings (SSSR count). The van der Waals surface area contributed by atoms with Crippen LogP contribution in [-0.2, 0) is 54.2 Å². The second kappa shape index (κ2) is 16.2. The molecule has 0 radical (unpaired) electrons. The van der Waals surface area contributed by atoms with Gasteiger partial charge < -0.3 is 23.7 Å². The zero-order valence-electron chi connectivity index (χ0n) is 30.9. The van der Waals surface area contributed by atoms with Crippen molar-refractivity contribution in [3.05, 3.63) is 54.1 Å². The van der Waals surface area contributed by atoms with Gasteiger partial charge in [0.25, 0.3) is 5.91 Å². The van der Waals surface area contributed by atoms with Crippen molar-refractivity contribution in [2.45, 2.75) is 115 Å². The van der Waals surface area contributed by atoms with Gasteiger partial charge in [-0.25, -0.2) is 4.79 Å². The van der Waals surface area contributed by atoms with Gasteiger partial charge in [0, 0.05) is 32.8 Å². The molecule has 16 nitrogen and oxygen atoms in total. The fourth-order valence-corrected chi connectivity index (χ4v) is 7.32. The van der Waals surface area contributed by atoms with Gasteiger partial charge in [-0.05, 0) is 41.2 Å². The standard InChI is InChI=1S/C38H44N6O10/c1-6-7-14-29-39-38(19-10-11-20-38)37(49)43(29)21-25-15-17-26(18-16-25)27-12-8-9-13-28(27)34-40-42-44(41-34)35-32(53-24(4)47)30(51-22(2)45)31(52-23(3)46)33(54-35)36(48)50-5/h8-9,12-13,15-18,30-33,35H,6-7,10-11,14,19-21H2,1-5H3/t30?,31-,32?,33?,35+/m1/s1. The van der Waals surface area contributed by atoms with Crippen molar-refractivity contribution in [3.63, 3.8) is 0 Å². The summed E-state index contributed by atoms with van der Waals surface area (Å²) in [6.07, 6.45) is -1.20. The Morgan fingerprint density at radius 1 is 0.870 bits per heavy atom. The lowest BCUT2D eigenvalue weighted by atomic mass is 9.97. The first-order valence-electron chi connectivity index (χ1n) is 18.1. The first kappa shape index (κ1) is 38.2. The fourth-order valence-electron chi connectivity index (χ4n) is 7.32. The minimum Gasteiger partial charge on any atom is -0.467 e. The average molecular weight is 745 g/mol. The van der Waals surface area contributed by atoms with Gasteiger partial charge in [-0.2, -0.15) is 0 Å². The van der Waals surface area contributed by atoms with Gasteiger partial charge in [-0.3, -0.25) is 29.1 Å². The molecule has 3 aromatic rings. The summed E-state index contributed by atoms with van der Waals surface area (Å²) < 4.78 is 27.2. The SMILES string of the molecule is CCCCC1=NC2(CCCC2)C(=O)N1Cc1ccc(-c2ccccc2-c2nnn([C@H]3OC(C(=O)OC)[C@H](OC(C)=O)C(OC(C)=O)C3OC(C)=O)n2)cc1. The molecular formula is C38H44N6O10. The number of esters is 4. The number of hydrogen-bond acceptors (Lipinski definition) is 14. The first-order chi connectivity index (χ1) is 25.9. The predicted molar refractivity (Wildman–Crippen MR) is 190 cm³/mol. The van der Waals surface area contributed by atoms with Gasteiger partial charge in [-0.1, -0.05) is 74.7 Å². The highest BCUT2D eigenvalue weighted by molar-refractivity contribution is 6.08. The maximum absolute atomic E-state index is 13.7. The van der Waals surface area contributed by atoms with Gasteiger partial charge in [0.2, 0.25) is 12.1 Å². The molecule has 3 unspecified atom stereocenters. The summed E-state index contributed by atoms with van der Waals surface area (Å²) in [7, 11) is 1.11. The number of tetrazole rings is 1. The Bertz CT molecular complexity index is 1920. The van der Waals surface area contributed by atoms with Crippen LogP contribution in [0.25, 0.3) is 22.5 Å². The van der Waals surface area contributed by atoms with E-state index < -0.39 is 60.1 Å². The van der Waals surface area contributed by atoms with Gasteiger partial charge in [0.05, 0.1) is 13.7 Å². The van der Waals surface area contributed by atoms with Gasteiger partial charge in [0.15, 0.2) is 24.4 Å². The van der Waals surface area contributed by atoms with E-state index >= 15 is 0 Å². The van der Waals surface area contributed by atoms with Crippen LogP contribution in [-0.4, -0.2) is 97.8 Å². The van der Waals surface area contributed by atoms with Crippen LogP contribution in [0.5, 0.6) is 0 Å². The number of aliphatic imine (C=N–C) groups is 1. The highest BCUT2D eigenvalue weighted by atomic mass is 16.7. The normalized spacial score (nSPS) is 23.2. The molecule has 54 heavy (non-hydrogen) atoms. The number of benzene rings is 2. The Kier molecular flexibility index (Phi) is 11.5. The highest BCUT2D eigenvalue weighted by Gasteiger charge is 2.56. The molecule has 286 valence electrons. The number of unbranched alkanes of at least 4 members (excludes halogenated alkanes) is 1. The molecule has 0 N–H and O–H groups in total. The number of hydrogen-bond donors (Lipinski definition) is 0. The maximum atomic E-state index is 13.7. The smallest absolute Gasteiger partial charge is 0.339 e. The van der Waals surface area contributed by atoms with E-state index in [1.165, 1.54) is 0 Å². The second-order valence-corrected chi connectivity index (χ2v) is 13.6. The summed E-state index contributed by atoms with van der Waals surface area (Å²) in [5, 5.41) is 13.0. The average Bonchev–Trinajstić information content (AvgIpc) is 3.89. The molecule has 3 aliphatic rings. The van der Waals surface area contributed by atoms with E-state index in [1.807, 2.05) is 53.4 Å². The Morgan fingerprint density at radius 2 is 1.50 bits per heavy atom. The monoisotopic (exact) mass is 744 g/mol. The largest absolute Gasteiger partial charge is 0.467 e. The van der Waals surface area contributed by atoms with Crippen LogP contribution in [0, 0.1) is 0 Å². The minimum absolute atomic E-state index is 0.103. The molecular weight excluding hydrogens is 700 g/mol. The summed E-state index contributed by atoms with van der Waals surface area (Å²) in [5.41, 5.74) is 2.59. The lowest BCUT2D eigenvalue weighted by Gasteiger charge is -2.42. The van der Waals surface area contributed by atoms with E-state index in [4.69, 9.17) is 28.7 Å². The second-order valence-electron chi connectivity index (χ2n) is 13.6. The Hall–Kier alpha value is -5.51. The molecule has 0 bridgehead atoms. The van der Waals surface area contributed by atoms with Crippen LogP contribution in [0.1, 0.15) is 84.4 Å². The number of nitrogens with zero attached hydrogens (tertiary/aromatic N) is 6. The molecule has 1 aromatic heterocycles. The van der Waals surface area contributed by atoms with Crippen molar-refractivity contribution in [1.82, 2.24) is 25.1 Å². The number of carbonyl (C=O) groups excluding carboxylic acids is 5. The zero-order chi connectivity index (χ0) is 38.6. The van der Waals surface area contributed by atoms with E-state index in [2.05, 4.69) is 22.3 Å². The summed E-state index contributed by atoms with van der Waals surface area (Å²) in [5.74, 6) is -2.20. The number of rotatable bonds is 12. The van der Waals surface area contributed by atoms with Crippen LogP contribution in [0.2, 0.25) is 0 Å². The van der Waals surface area contributed by atoms with Crippen LogP contribution < -0.4 is 0 Å². The third kappa shape index (κ3) is 7.88. The molecule has 3 heterocycles. The summed E-state index contributed by atoms with van der Waals surface area (Å²) in [4.78, 5) is 71.0. The van der Waals surface area contributed by atoms with Crippen molar-refractivity contribution in [1.29, 1.82) is 0 Å². The number of carbonyl (C=O) groups is 5. The quantitative estimate of drug-likeness (QED) is 0.190. The van der Waals surface area contributed by atoms with E-state index in [0.29, 0.717) is 12.1 Å². The summed E-state index contributed by atoms with van der Waals surface area (Å²) in [6, 6.07) is 15.3. The molecule has 1 amide bonds. The van der Waals surface area contributed by atoms with Crippen LogP contribution in [0.4, 0.5) is 0 Å². The molecule has 1 saturated heterocycles. The van der Waals surface area contributed by atoms with E-state index in [1.54, 1.807) is 0 Å². The number of amides is 1. The molecule has 1 saturated carbocycles. The third-order valence-corrected chi connectivity index (χ3v) is 9.76. The predicted octanol–water partition coefficient (Wildman–Crippen LogP) is 4.12. The molecule has 2 fully saturated rings. The van der Waals surface area contributed by atoms with Crippen LogP contribution in [0.15, 0.2) is 53.5 Å². The lowest BCUT2D eigenvalue weighted by molar-refractivity contribution is -0.267. The summed E-state index contributed by atoms with van der Waals surface area (Å²) in [6.45, 7) is 5.91. The summed E-state index contributed by atoms with van der Waals surface area (Å²) >= 11 is 0. The molecule has 5 atom stereocenters. The third-order valence-electron chi connectivity index (χ3n) is 9.76. The van der Waals surface area contributed by atoms with Gasteiger partial charge in [0.1, 0.15) is 11.4 Å². The van der Waals surface area contributed by atoms with Crippen LogP contribution in [0.3, 0.4) is 0 Å². The van der Waals surface area contributed by atoms with Gasteiger partial charge in [-0.15, -0.1) is 15.0 Å². The fraction of sp³-hybridized carbons (Fsp3) is 0.500. The maximum Gasteiger partial charge on any atom is 0.339 e. The Labute approximate surface area is 312 Å². The Morgan fingerprint density at radius 3 is 2.13 bits per heavy atom. The number of methoxy groups -OCH3 is 1. The van der Waals surface area contributed by atoms with Crippen molar-refractivity contribution in [2.75, 3.05) is 7.11 Å². The Balaban J connectivity index is 1.28.